The predicted molar refractivity (Wildman–Crippen MR) is 78.0 cm³/mol. The molecule has 0 aliphatic carbocycles. The van der Waals surface area contributed by atoms with Gasteiger partial charge < -0.3 is 14.6 Å². The fourth-order valence-electron chi connectivity index (χ4n) is 2.23. The Kier molecular flexibility index (Phi) is 5.14. The fraction of sp³-hybridized carbons (Fsp3) is 0.312. The molecule has 0 bridgehead atoms. The number of aliphatic hydroxyl groups is 1. The van der Waals surface area contributed by atoms with E-state index in [9.17, 15) is 9.90 Å². The van der Waals surface area contributed by atoms with Gasteiger partial charge in [0.1, 0.15) is 5.76 Å². The molecule has 1 heterocycles. The summed E-state index contributed by atoms with van der Waals surface area (Å²) in [6, 6.07) is 12.9. The largest absolute Gasteiger partial charge is 0.475 e. The molecule has 0 aliphatic rings. The maximum atomic E-state index is 10.9. The van der Waals surface area contributed by atoms with Gasteiger partial charge in [0.2, 0.25) is 5.76 Å². The molecule has 1 aromatic carbocycles. The van der Waals surface area contributed by atoms with E-state index in [2.05, 4.69) is 0 Å². The molecular formula is C16H19NO4. The second-order valence-electron chi connectivity index (χ2n) is 4.86. The lowest BCUT2D eigenvalue weighted by Crippen LogP contribution is -2.29. The molecule has 1 atom stereocenters. The van der Waals surface area contributed by atoms with Crippen molar-refractivity contribution < 1.29 is 19.4 Å². The Morgan fingerprint density at radius 1 is 1.24 bits per heavy atom. The van der Waals surface area contributed by atoms with Crippen LogP contribution >= 0.6 is 0 Å². The number of aliphatic hydroxyl groups excluding tert-OH is 1. The average Bonchev–Trinajstić information content (AvgIpc) is 2.97. The lowest BCUT2D eigenvalue weighted by Gasteiger charge is -2.27. The third-order valence-electron chi connectivity index (χ3n) is 3.41. The van der Waals surface area contributed by atoms with Crippen LogP contribution < -0.4 is 0 Å². The maximum absolute atomic E-state index is 10.9. The molecule has 2 rings (SSSR count). The van der Waals surface area contributed by atoms with Crippen LogP contribution in [0.5, 0.6) is 0 Å². The van der Waals surface area contributed by atoms with Crippen molar-refractivity contribution in [3.63, 3.8) is 0 Å². The van der Waals surface area contributed by atoms with E-state index in [1.165, 1.54) is 6.07 Å². The van der Waals surface area contributed by atoms with Gasteiger partial charge in [0, 0.05) is 13.1 Å². The molecule has 5 nitrogen and oxygen atoms in total. The maximum Gasteiger partial charge on any atom is 0.371 e. The summed E-state index contributed by atoms with van der Waals surface area (Å²) in [4.78, 5) is 12.9. The molecule has 1 unspecified atom stereocenters. The van der Waals surface area contributed by atoms with Crippen LogP contribution in [0.2, 0.25) is 0 Å². The standard InChI is InChI=1S/C16H19NO4/c1-12(14-7-8-15(21-14)16(19)20)17(9-10-18)11-13-5-3-2-4-6-13/h2-8,12,18H,9-11H2,1H3,(H,19,20). The molecule has 2 aromatic rings. The molecule has 0 aliphatic heterocycles. The van der Waals surface area contributed by atoms with Crippen molar-refractivity contribution in [2.45, 2.75) is 19.5 Å². The van der Waals surface area contributed by atoms with Crippen molar-refractivity contribution in [1.29, 1.82) is 0 Å². The Balaban J connectivity index is 2.14. The molecule has 5 heteroatoms. The second-order valence-corrected chi connectivity index (χ2v) is 4.86. The predicted octanol–water partition coefficient (Wildman–Crippen LogP) is 2.53. The minimum atomic E-state index is -1.08. The summed E-state index contributed by atoms with van der Waals surface area (Å²) >= 11 is 0. The lowest BCUT2D eigenvalue weighted by atomic mass is 10.1. The first-order chi connectivity index (χ1) is 10.1. The molecular weight excluding hydrogens is 270 g/mol. The van der Waals surface area contributed by atoms with Crippen LogP contribution in [0, 0.1) is 0 Å². The Morgan fingerprint density at radius 2 is 1.95 bits per heavy atom. The Bertz CT molecular complexity index is 579. The molecule has 0 radical (unpaired) electrons. The molecule has 2 N–H and O–H groups in total. The molecule has 0 fully saturated rings. The number of hydrogen-bond acceptors (Lipinski definition) is 4. The van der Waals surface area contributed by atoms with Crippen LogP contribution in [0.1, 0.15) is 34.8 Å². The van der Waals surface area contributed by atoms with Crippen molar-refractivity contribution >= 4 is 5.97 Å². The molecule has 1 aromatic heterocycles. The van der Waals surface area contributed by atoms with Gasteiger partial charge in [-0.15, -0.1) is 0 Å². The summed E-state index contributed by atoms with van der Waals surface area (Å²) in [7, 11) is 0. The highest BCUT2D eigenvalue weighted by molar-refractivity contribution is 5.84. The molecule has 0 spiro atoms. The first-order valence-corrected chi connectivity index (χ1v) is 6.83. The Hall–Kier alpha value is -2.11. The van der Waals surface area contributed by atoms with Crippen molar-refractivity contribution in [1.82, 2.24) is 4.90 Å². The number of hydrogen-bond donors (Lipinski definition) is 2. The van der Waals surface area contributed by atoms with Crippen molar-refractivity contribution in [2.75, 3.05) is 13.2 Å². The van der Waals surface area contributed by atoms with Crippen LogP contribution in [-0.4, -0.2) is 34.2 Å². The van der Waals surface area contributed by atoms with Crippen LogP contribution in [0.3, 0.4) is 0 Å². The first kappa shape index (κ1) is 15.3. The highest BCUT2D eigenvalue weighted by Gasteiger charge is 2.20. The van der Waals surface area contributed by atoms with E-state index in [1.54, 1.807) is 6.07 Å². The third kappa shape index (κ3) is 3.93. The van der Waals surface area contributed by atoms with Gasteiger partial charge in [-0.2, -0.15) is 0 Å². The van der Waals surface area contributed by atoms with E-state index in [0.717, 1.165) is 5.56 Å². The SMILES string of the molecule is CC(c1ccc(C(=O)O)o1)N(CCO)Cc1ccccc1. The van der Waals surface area contributed by atoms with Crippen molar-refractivity contribution in [3.8, 4) is 0 Å². The number of benzene rings is 1. The van der Waals surface area contributed by atoms with Crippen molar-refractivity contribution in [3.05, 3.63) is 59.5 Å². The number of carboxylic acid groups (broad SMARTS) is 1. The summed E-state index contributed by atoms with van der Waals surface area (Å²) in [5.41, 5.74) is 1.13. The van der Waals surface area contributed by atoms with Crippen molar-refractivity contribution in [2.24, 2.45) is 0 Å². The van der Waals surface area contributed by atoms with E-state index in [4.69, 9.17) is 9.52 Å². The minimum Gasteiger partial charge on any atom is -0.475 e. The zero-order chi connectivity index (χ0) is 15.2. The van der Waals surface area contributed by atoms with Gasteiger partial charge in [0.05, 0.1) is 12.6 Å². The number of rotatable bonds is 7. The summed E-state index contributed by atoms with van der Waals surface area (Å²) in [6.07, 6.45) is 0. The molecule has 112 valence electrons. The third-order valence-corrected chi connectivity index (χ3v) is 3.41. The summed E-state index contributed by atoms with van der Waals surface area (Å²) in [5.74, 6) is -0.567. The van der Waals surface area contributed by atoms with Gasteiger partial charge in [-0.05, 0) is 24.6 Å². The Morgan fingerprint density at radius 3 is 2.52 bits per heavy atom. The van der Waals surface area contributed by atoms with Gasteiger partial charge in [-0.25, -0.2) is 4.79 Å². The monoisotopic (exact) mass is 289 g/mol. The second kappa shape index (κ2) is 7.06. The average molecular weight is 289 g/mol. The van der Waals surface area contributed by atoms with Crippen LogP contribution in [0.15, 0.2) is 46.9 Å². The van der Waals surface area contributed by atoms with Gasteiger partial charge in [-0.3, -0.25) is 4.90 Å². The summed E-state index contributed by atoms with van der Waals surface area (Å²) in [6.45, 7) is 3.11. The van der Waals surface area contributed by atoms with Gasteiger partial charge in [-0.1, -0.05) is 30.3 Å². The first-order valence-electron chi connectivity index (χ1n) is 6.83. The number of aromatic carboxylic acids is 1. The van der Waals surface area contributed by atoms with E-state index in [-0.39, 0.29) is 18.4 Å². The minimum absolute atomic E-state index is 0.0314. The van der Waals surface area contributed by atoms with Crippen LogP contribution in [-0.2, 0) is 6.54 Å². The topological polar surface area (TPSA) is 73.9 Å². The van der Waals surface area contributed by atoms with Gasteiger partial charge >= 0.3 is 5.97 Å². The highest BCUT2D eigenvalue weighted by Crippen LogP contribution is 2.24. The summed E-state index contributed by atoms with van der Waals surface area (Å²) < 4.78 is 5.35. The molecule has 0 saturated heterocycles. The number of nitrogens with zero attached hydrogens (tertiary/aromatic N) is 1. The number of carboxylic acids is 1. The Labute approximate surface area is 123 Å². The molecule has 0 saturated carbocycles. The zero-order valence-corrected chi connectivity index (χ0v) is 11.9. The molecule has 0 amide bonds. The van der Waals surface area contributed by atoms with E-state index in [0.29, 0.717) is 18.8 Å². The van der Waals surface area contributed by atoms with Gasteiger partial charge in [0.15, 0.2) is 0 Å². The molecule has 21 heavy (non-hydrogen) atoms. The number of furan rings is 1. The quantitative estimate of drug-likeness (QED) is 0.819. The zero-order valence-electron chi connectivity index (χ0n) is 11.9. The van der Waals surface area contributed by atoms with Crippen LogP contribution in [0.25, 0.3) is 0 Å². The van der Waals surface area contributed by atoms with E-state index >= 15 is 0 Å². The lowest BCUT2D eigenvalue weighted by molar-refractivity contribution is 0.0653. The smallest absolute Gasteiger partial charge is 0.371 e. The van der Waals surface area contributed by atoms with Crippen LogP contribution in [0.4, 0.5) is 0 Å². The normalized spacial score (nSPS) is 12.5. The summed E-state index contributed by atoms with van der Waals surface area (Å²) in [5, 5.41) is 18.1. The fourth-order valence-corrected chi connectivity index (χ4v) is 2.23. The van der Waals surface area contributed by atoms with E-state index < -0.39 is 5.97 Å². The number of carbonyl (C=O) groups is 1. The highest BCUT2D eigenvalue weighted by atomic mass is 16.4. The van der Waals surface area contributed by atoms with E-state index in [1.807, 2.05) is 42.2 Å². The van der Waals surface area contributed by atoms with Gasteiger partial charge in [0.25, 0.3) is 0 Å².